The lowest BCUT2D eigenvalue weighted by Crippen LogP contribution is -2.27. The number of hydrogen-bond donors (Lipinski definition) is 1. The number of halogens is 1. The topological polar surface area (TPSA) is 56.1 Å². The smallest absolute Gasteiger partial charge is 0.412 e. The summed E-state index contributed by atoms with van der Waals surface area (Å²) in [5.41, 5.74) is 1.13. The normalized spacial score (nSPS) is 11.2. The number of hydrogen-bond acceptors (Lipinski definition) is 3. The highest BCUT2D eigenvalue weighted by molar-refractivity contribution is 9.10. The van der Waals surface area contributed by atoms with Crippen LogP contribution in [0.3, 0.4) is 0 Å². The van der Waals surface area contributed by atoms with Crippen LogP contribution < -0.4 is 5.32 Å². The molecule has 0 radical (unpaired) electrons. The zero-order valence-electron chi connectivity index (χ0n) is 11.6. The van der Waals surface area contributed by atoms with E-state index in [-0.39, 0.29) is 0 Å². The number of nitrogens with one attached hydrogen (secondary N) is 1. The van der Waals surface area contributed by atoms with Gasteiger partial charge in [-0.05, 0) is 61.0 Å². The van der Waals surface area contributed by atoms with Gasteiger partial charge in [-0.3, -0.25) is 5.32 Å². The molecule has 0 saturated heterocycles. The van der Waals surface area contributed by atoms with Gasteiger partial charge in [-0.1, -0.05) is 0 Å². The van der Waals surface area contributed by atoms with Crippen LogP contribution in [0.1, 0.15) is 20.8 Å². The van der Waals surface area contributed by atoms with Crippen LogP contribution in [0.5, 0.6) is 0 Å². The molecule has 0 saturated carbocycles. The second kappa shape index (κ2) is 5.66. The first kappa shape index (κ1) is 14.6. The molecule has 2 rings (SSSR count). The van der Waals surface area contributed by atoms with Gasteiger partial charge in [-0.2, -0.15) is 0 Å². The number of amides is 1. The third-order valence-electron chi connectivity index (χ3n) is 2.36. The van der Waals surface area contributed by atoms with Crippen LogP contribution >= 0.6 is 15.9 Å². The summed E-state index contributed by atoms with van der Waals surface area (Å²) in [5, 5.41) is 2.69. The maximum atomic E-state index is 11.6. The van der Waals surface area contributed by atoms with E-state index >= 15 is 0 Å². The molecular weight excluding hydrogens is 322 g/mol. The number of benzene rings is 1. The minimum atomic E-state index is -0.507. The van der Waals surface area contributed by atoms with E-state index < -0.39 is 11.7 Å². The molecule has 1 amide bonds. The lowest BCUT2D eigenvalue weighted by Gasteiger charge is -2.19. The van der Waals surface area contributed by atoms with Crippen molar-refractivity contribution in [3.05, 3.63) is 41.4 Å². The highest BCUT2D eigenvalue weighted by atomic mass is 79.9. The zero-order valence-corrected chi connectivity index (χ0v) is 13.1. The number of carbonyl (C=O) groups is 1. The average Bonchev–Trinajstić information content (AvgIpc) is 2.74. The summed E-state index contributed by atoms with van der Waals surface area (Å²) in [7, 11) is 0. The molecule has 1 N–H and O–H groups in total. The van der Waals surface area contributed by atoms with Crippen LogP contribution in [0, 0.1) is 0 Å². The van der Waals surface area contributed by atoms with E-state index in [0.717, 1.165) is 10.3 Å². The molecule has 0 aliphatic rings. The molecule has 0 atom stereocenters. The third-order valence-corrected chi connectivity index (χ3v) is 2.77. The number of anilines is 1. The van der Waals surface area contributed by atoms with Crippen LogP contribution in [0.4, 0.5) is 10.5 Å². The Balaban J connectivity index is 2.03. The summed E-state index contributed by atoms with van der Waals surface area (Å²) in [5.74, 6) is 0. The fraction of sp³-hybridized carbons (Fsp3) is 0.286. The van der Waals surface area contributed by atoms with E-state index in [4.69, 9.17) is 4.74 Å². The first-order chi connectivity index (χ1) is 9.33. The van der Waals surface area contributed by atoms with E-state index in [1.807, 2.05) is 55.8 Å². The Morgan fingerprint density at radius 2 is 1.95 bits per heavy atom. The largest absolute Gasteiger partial charge is 0.444 e. The highest BCUT2D eigenvalue weighted by Crippen LogP contribution is 2.16. The number of rotatable bonds is 2. The van der Waals surface area contributed by atoms with Gasteiger partial charge in [-0.25, -0.2) is 9.78 Å². The average molecular weight is 338 g/mol. The Labute approximate surface area is 126 Å². The van der Waals surface area contributed by atoms with E-state index in [2.05, 4.69) is 26.2 Å². The molecule has 0 aliphatic heterocycles. The molecule has 1 aromatic heterocycles. The number of carbonyl (C=O) groups excluding carboxylic acids is 1. The lowest BCUT2D eigenvalue weighted by molar-refractivity contribution is 0.0636. The van der Waals surface area contributed by atoms with Crippen LogP contribution in [0.25, 0.3) is 5.69 Å². The van der Waals surface area contributed by atoms with E-state index in [1.54, 1.807) is 6.33 Å². The van der Waals surface area contributed by atoms with Gasteiger partial charge >= 0.3 is 6.09 Å². The molecule has 0 bridgehead atoms. The predicted octanol–water partition coefficient (Wildman–Crippen LogP) is 3.98. The summed E-state index contributed by atoms with van der Waals surface area (Å²) in [6.07, 6.45) is 3.10. The SMILES string of the molecule is CC(C)(C)OC(=O)Nc1ccc(-n2cnc(Br)c2)cc1. The number of nitrogens with zero attached hydrogens (tertiary/aromatic N) is 2. The molecule has 0 aliphatic carbocycles. The van der Waals surface area contributed by atoms with Crippen LogP contribution in [0.15, 0.2) is 41.4 Å². The van der Waals surface area contributed by atoms with Gasteiger partial charge in [0.2, 0.25) is 0 Å². The fourth-order valence-corrected chi connectivity index (χ4v) is 1.89. The second-order valence-corrected chi connectivity index (χ2v) is 6.09. The summed E-state index contributed by atoms with van der Waals surface area (Å²) >= 11 is 3.30. The van der Waals surface area contributed by atoms with Gasteiger partial charge in [0.05, 0.1) is 0 Å². The molecule has 20 heavy (non-hydrogen) atoms. The Morgan fingerprint density at radius 3 is 2.45 bits per heavy atom. The van der Waals surface area contributed by atoms with Crippen LogP contribution in [-0.2, 0) is 4.74 Å². The minimum absolute atomic E-state index is 0.462. The summed E-state index contributed by atoms with van der Waals surface area (Å²) in [6, 6.07) is 7.40. The van der Waals surface area contributed by atoms with Gasteiger partial charge in [0.25, 0.3) is 0 Å². The predicted molar refractivity (Wildman–Crippen MR) is 81.1 cm³/mol. The minimum Gasteiger partial charge on any atom is -0.444 e. The van der Waals surface area contributed by atoms with Crippen molar-refractivity contribution in [1.82, 2.24) is 9.55 Å². The monoisotopic (exact) mass is 337 g/mol. The number of imidazole rings is 1. The molecule has 1 aromatic carbocycles. The summed E-state index contributed by atoms with van der Waals surface area (Å²) < 4.78 is 7.84. The molecular formula is C14H16BrN3O2. The first-order valence-corrected chi connectivity index (χ1v) is 6.93. The van der Waals surface area contributed by atoms with Crippen molar-refractivity contribution in [3.63, 3.8) is 0 Å². The van der Waals surface area contributed by atoms with Crippen molar-refractivity contribution in [2.24, 2.45) is 0 Å². The first-order valence-electron chi connectivity index (χ1n) is 6.13. The maximum absolute atomic E-state index is 11.6. The van der Waals surface area contributed by atoms with Crippen molar-refractivity contribution in [1.29, 1.82) is 0 Å². The summed E-state index contributed by atoms with van der Waals surface area (Å²) in [6.45, 7) is 5.48. The van der Waals surface area contributed by atoms with E-state index in [1.165, 1.54) is 0 Å². The van der Waals surface area contributed by atoms with E-state index in [9.17, 15) is 4.79 Å². The molecule has 6 heteroatoms. The van der Waals surface area contributed by atoms with Crippen molar-refractivity contribution >= 4 is 27.7 Å². The Hall–Kier alpha value is -1.82. The van der Waals surface area contributed by atoms with Gasteiger partial charge in [0.1, 0.15) is 16.5 Å². The molecule has 0 spiro atoms. The summed E-state index contributed by atoms with van der Waals surface area (Å²) in [4.78, 5) is 15.7. The maximum Gasteiger partial charge on any atom is 0.412 e. The third kappa shape index (κ3) is 4.09. The van der Waals surface area contributed by atoms with Gasteiger partial charge in [-0.15, -0.1) is 0 Å². The van der Waals surface area contributed by atoms with Crippen LogP contribution in [0.2, 0.25) is 0 Å². The number of aromatic nitrogens is 2. The molecule has 0 fully saturated rings. The molecule has 1 heterocycles. The van der Waals surface area contributed by atoms with E-state index in [0.29, 0.717) is 5.69 Å². The molecule has 106 valence electrons. The quantitative estimate of drug-likeness (QED) is 0.901. The van der Waals surface area contributed by atoms with Crippen molar-refractivity contribution < 1.29 is 9.53 Å². The zero-order chi connectivity index (χ0) is 14.8. The second-order valence-electron chi connectivity index (χ2n) is 5.28. The van der Waals surface area contributed by atoms with Gasteiger partial charge in [0, 0.05) is 17.6 Å². The van der Waals surface area contributed by atoms with Crippen molar-refractivity contribution in [3.8, 4) is 5.69 Å². The molecule has 5 nitrogen and oxygen atoms in total. The molecule has 2 aromatic rings. The van der Waals surface area contributed by atoms with Crippen molar-refractivity contribution in [2.45, 2.75) is 26.4 Å². The molecule has 0 unspecified atom stereocenters. The Morgan fingerprint density at radius 1 is 1.30 bits per heavy atom. The number of ether oxygens (including phenoxy) is 1. The van der Waals surface area contributed by atoms with Crippen LogP contribution in [-0.4, -0.2) is 21.2 Å². The van der Waals surface area contributed by atoms with Gasteiger partial charge < -0.3 is 9.30 Å². The highest BCUT2D eigenvalue weighted by Gasteiger charge is 2.16. The lowest BCUT2D eigenvalue weighted by atomic mass is 10.2. The fourth-order valence-electron chi connectivity index (χ4n) is 1.58. The Kier molecular flexibility index (Phi) is 4.13. The van der Waals surface area contributed by atoms with Gasteiger partial charge in [0.15, 0.2) is 0 Å². The standard InChI is InChI=1S/C14H16BrN3O2/c1-14(2,3)20-13(19)17-10-4-6-11(7-5-10)18-8-12(15)16-9-18/h4-9H,1-3H3,(H,17,19). The van der Waals surface area contributed by atoms with Crippen molar-refractivity contribution in [2.75, 3.05) is 5.32 Å². The Bertz CT molecular complexity index is 600.